The molecule has 0 spiro atoms. The number of para-hydroxylation sites is 1. The van der Waals surface area contributed by atoms with Crippen LogP contribution in [0.5, 0.6) is 5.75 Å². The maximum absolute atomic E-state index is 12.4. The first kappa shape index (κ1) is 17.7. The van der Waals surface area contributed by atoms with E-state index in [1.807, 2.05) is 42.5 Å². The Morgan fingerprint density at radius 3 is 2.85 bits per heavy atom. The fourth-order valence-electron chi connectivity index (χ4n) is 2.96. The van der Waals surface area contributed by atoms with Crippen LogP contribution < -0.4 is 10.1 Å². The van der Waals surface area contributed by atoms with Gasteiger partial charge in [0.2, 0.25) is 0 Å². The van der Waals surface area contributed by atoms with Crippen LogP contribution in [0.3, 0.4) is 0 Å². The summed E-state index contributed by atoms with van der Waals surface area (Å²) in [5.74, 6) is -0.803. The fraction of sp³-hybridized carbons (Fsp3) is 0.250. The Kier molecular flexibility index (Phi) is 5.31. The van der Waals surface area contributed by atoms with Crippen LogP contribution in [-0.4, -0.2) is 31.3 Å². The van der Waals surface area contributed by atoms with Crippen molar-refractivity contribution in [3.05, 3.63) is 65.4 Å². The molecule has 1 atom stereocenters. The molecule has 1 unspecified atom stereocenters. The number of nitrogens with zero attached hydrogens (tertiary/aromatic N) is 1. The van der Waals surface area contributed by atoms with Crippen molar-refractivity contribution in [2.45, 2.75) is 13.5 Å². The predicted octanol–water partition coefficient (Wildman–Crippen LogP) is 2.33. The van der Waals surface area contributed by atoms with Crippen molar-refractivity contribution in [2.75, 3.05) is 13.7 Å². The van der Waals surface area contributed by atoms with E-state index in [4.69, 9.17) is 9.47 Å². The fourth-order valence-corrected chi connectivity index (χ4v) is 2.96. The molecule has 0 saturated heterocycles. The highest BCUT2D eigenvalue weighted by molar-refractivity contribution is 6.24. The van der Waals surface area contributed by atoms with Gasteiger partial charge in [0.25, 0.3) is 5.91 Å². The molecule has 0 aromatic heterocycles. The number of carbonyl (C=O) groups excluding carboxylic acids is 2. The van der Waals surface area contributed by atoms with Gasteiger partial charge in [-0.25, -0.2) is 9.79 Å². The molecule has 1 aromatic carbocycles. The number of ether oxygens (including phenoxy) is 2. The van der Waals surface area contributed by atoms with E-state index in [1.54, 1.807) is 20.1 Å². The molecule has 26 heavy (non-hydrogen) atoms. The molecule has 1 heterocycles. The Balaban J connectivity index is 1.95. The average Bonchev–Trinajstić information content (AvgIpc) is 2.66. The van der Waals surface area contributed by atoms with Gasteiger partial charge in [-0.2, -0.15) is 0 Å². The number of esters is 1. The summed E-state index contributed by atoms with van der Waals surface area (Å²) in [5.41, 5.74) is 1.98. The first-order valence-electron chi connectivity index (χ1n) is 8.40. The lowest BCUT2D eigenvalue weighted by Crippen LogP contribution is -2.35. The van der Waals surface area contributed by atoms with Gasteiger partial charge in [-0.1, -0.05) is 36.4 Å². The van der Waals surface area contributed by atoms with Crippen LogP contribution in [0.15, 0.2) is 64.8 Å². The van der Waals surface area contributed by atoms with Gasteiger partial charge in [-0.3, -0.25) is 4.79 Å². The number of rotatable bonds is 6. The maximum Gasteiger partial charge on any atom is 0.345 e. The van der Waals surface area contributed by atoms with Crippen LogP contribution >= 0.6 is 0 Å². The van der Waals surface area contributed by atoms with E-state index < -0.39 is 11.9 Å². The molecule has 1 aliphatic carbocycles. The zero-order chi connectivity index (χ0) is 18.5. The molecule has 0 saturated carbocycles. The minimum atomic E-state index is -0.661. The van der Waals surface area contributed by atoms with Crippen molar-refractivity contribution in [2.24, 2.45) is 10.9 Å². The predicted molar refractivity (Wildman–Crippen MR) is 97.7 cm³/mol. The SMILES string of the molecule is CCOC(=O)C1=C(NCc2ccccc2OC)C2C=CC=CC2=NC1=O. The smallest absolute Gasteiger partial charge is 0.345 e. The Hall–Kier alpha value is -3.15. The van der Waals surface area contributed by atoms with E-state index in [0.29, 0.717) is 18.0 Å². The summed E-state index contributed by atoms with van der Waals surface area (Å²) in [4.78, 5) is 28.8. The number of dihydropyridines is 1. The van der Waals surface area contributed by atoms with Crippen molar-refractivity contribution in [3.63, 3.8) is 0 Å². The van der Waals surface area contributed by atoms with Crippen molar-refractivity contribution >= 4 is 17.6 Å². The van der Waals surface area contributed by atoms with Gasteiger partial charge >= 0.3 is 5.97 Å². The van der Waals surface area contributed by atoms with Gasteiger partial charge in [0.05, 0.1) is 25.3 Å². The number of nitrogens with one attached hydrogen (secondary N) is 1. The first-order chi connectivity index (χ1) is 12.7. The number of hydrogen-bond acceptors (Lipinski definition) is 5. The van der Waals surface area contributed by atoms with Gasteiger partial charge < -0.3 is 14.8 Å². The lowest BCUT2D eigenvalue weighted by Gasteiger charge is -2.26. The van der Waals surface area contributed by atoms with E-state index in [9.17, 15) is 9.59 Å². The third-order valence-corrected chi connectivity index (χ3v) is 4.17. The average molecular weight is 352 g/mol. The van der Waals surface area contributed by atoms with Gasteiger partial charge in [-0.05, 0) is 19.1 Å². The van der Waals surface area contributed by atoms with Crippen LogP contribution in [0.4, 0.5) is 0 Å². The Bertz CT molecular complexity index is 849. The maximum atomic E-state index is 12.4. The molecule has 3 rings (SSSR count). The summed E-state index contributed by atoms with van der Waals surface area (Å²) in [6, 6.07) is 7.57. The Labute approximate surface area is 151 Å². The van der Waals surface area contributed by atoms with Crippen molar-refractivity contribution in [1.29, 1.82) is 0 Å². The van der Waals surface area contributed by atoms with Crippen LogP contribution in [0.25, 0.3) is 0 Å². The molecule has 2 aliphatic rings. The number of methoxy groups -OCH3 is 1. The van der Waals surface area contributed by atoms with E-state index in [-0.39, 0.29) is 18.1 Å². The highest BCUT2D eigenvalue weighted by atomic mass is 16.5. The summed E-state index contributed by atoms with van der Waals surface area (Å²) < 4.78 is 10.4. The number of carbonyl (C=O) groups is 2. The molecule has 6 heteroatoms. The molecule has 0 radical (unpaired) electrons. The van der Waals surface area contributed by atoms with Gasteiger partial charge in [0.15, 0.2) is 0 Å². The summed E-state index contributed by atoms with van der Waals surface area (Å²) in [5, 5.41) is 3.24. The first-order valence-corrected chi connectivity index (χ1v) is 8.40. The van der Waals surface area contributed by atoms with Crippen LogP contribution in [0, 0.1) is 5.92 Å². The monoisotopic (exact) mass is 352 g/mol. The van der Waals surface area contributed by atoms with Gasteiger partial charge in [0, 0.05) is 17.8 Å². The van der Waals surface area contributed by atoms with E-state index in [1.165, 1.54) is 0 Å². The molecule has 134 valence electrons. The second-order valence-corrected chi connectivity index (χ2v) is 5.74. The highest BCUT2D eigenvalue weighted by Crippen LogP contribution is 2.27. The third-order valence-electron chi connectivity index (χ3n) is 4.17. The summed E-state index contributed by atoms with van der Waals surface area (Å²) >= 11 is 0. The molecule has 1 N–H and O–H groups in total. The molecule has 1 aromatic rings. The summed E-state index contributed by atoms with van der Waals surface area (Å²) in [6.07, 6.45) is 7.35. The lowest BCUT2D eigenvalue weighted by molar-refractivity contribution is -0.140. The number of allylic oxidation sites excluding steroid dienone is 4. The summed E-state index contributed by atoms with van der Waals surface area (Å²) in [6.45, 7) is 2.29. The normalized spacial score (nSPS) is 18.3. The van der Waals surface area contributed by atoms with Crippen molar-refractivity contribution < 1.29 is 19.1 Å². The quantitative estimate of drug-likeness (QED) is 0.628. The lowest BCUT2D eigenvalue weighted by atomic mass is 9.89. The van der Waals surface area contributed by atoms with Crippen molar-refractivity contribution in [1.82, 2.24) is 5.32 Å². The standard InChI is InChI=1S/C20H20N2O4/c1-3-26-20(24)17-18(14-9-5-6-10-15(14)22-19(17)23)21-12-13-8-4-7-11-16(13)25-2/h4-11,14,21H,3,12H2,1-2H3. The number of fused-ring (bicyclic) bond motifs is 1. The Morgan fingerprint density at radius 1 is 1.27 bits per heavy atom. The topological polar surface area (TPSA) is 77.0 Å². The molecule has 1 amide bonds. The van der Waals surface area contributed by atoms with Gasteiger partial charge in [0.1, 0.15) is 11.3 Å². The van der Waals surface area contributed by atoms with Crippen LogP contribution in [0.2, 0.25) is 0 Å². The molecule has 6 nitrogen and oxygen atoms in total. The molecule has 1 aliphatic heterocycles. The van der Waals surface area contributed by atoms with E-state index in [0.717, 1.165) is 11.3 Å². The number of benzene rings is 1. The van der Waals surface area contributed by atoms with Crippen LogP contribution in [-0.2, 0) is 20.9 Å². The zero-order valence-electron chi connectivity index (χ0n) is 14.7. The highest BCUT2D eigenvalue weighted by Gasteiger charge is 2.34. The van der Waals surface area contributed by atoms with Crippen molar-refractivity contribution in [3.8, 4) is 5.75 Å². The second-order valence-electron chi connectivity index (χ2n) is 5.74. The van der Waals surface area contributed by atoms with E-state index in [2.05, 4.69) is 10.3 Å². The third kappa shape index (κ3) is 3.44. The number of hydrogen-bond donors (Lipinski definition) is 1. The number of aliphatic imine (C=N–C) groups is 1. The molecule has 0 bridgehead atoms. The number of amides is 1. The molecular weight excluding hydrogens is 332 g/mol. The van der Waals surface area contributed by atoms with Crippen LogP contribution in [0.1, 0.15) is 12.5 Å². The minimum absolute atomic E-state index is 0.0459. The largest absolute Gasteiger partial charge is 0.496 e. The molecular formula is C20H20N2O4. The minimum Gasteiger partial charge on any atom is -0.496 e. The van der Waals surface area contributed by atoms with Gasteiger partial charge in [-0.15, -0.1) is 0 Å². The second kappa shape index (κ2) is 7.82. The summed E-state index contributed by atoms with van der Waals surface area (Å²) in [7, 11) is 1.60. The zero-order valence-corrected chi connectivity index (χ0v) is 14.7. The van der Waals surface area contributed by atoms with E-state index >= 15 is 0 Å². The molecule has 0 fully saturated rings. The Morgan fingerprint density at radius 2 is 2.08 bits per heavy atom.